The molecule has 7 heteroatoms. The van der Waals surface area contributed by atoms with Crippen LogP contribution in [0.4, 0.5) is 4.79 Å². The zero-order chi connectivity index (χ0) is 14.5. The van der Waals surface area contributed by atoms with Crippen molar-refractivity contribution in [2.45, 2.75) is 50.9 Å². The van der Waals surface area contributed by atoms with Gasteiger partial charge in [0.1, 0.15) is 0 Å². The Hall–Kier alpha value is -1.24. The fraction of sp³-hybridized carbons (Fsp3) is 0.769. The first kappa shape index (κ1) is 15.2. The van der Waals surface area contributed by atoms with Gasteiger partial charge in [-0.2, -0.15) is 16.7 Å². The zero-order valence-corrected chi connectivity index (χ0v) is 13.1. The molecule has 1 aliphatic carbocycles. The van der Waals surface area contributed by atoms with Gasteiger partial charge < -0.3 is 14.7 Å². The monoisotopic (exact) mass is 298 g/mol. The standard InChI is InChI=1S/C13H22N4O2S/c1-4-20-11-6-5-10(7-11)17(3)13(18)14-8-12-15-9(2)19-16-12/h10-11H,4-8H2,1-3H3,(H,14,18)/t10-,11-/m0/s1. The van der Waals surface area contributed by atoms with Crippen molar-refractivity contribution in [3.05, 3.63) is 11.7 Å². The second-order valence-electron chi connectivity index (χ2n) is 5.04. The van der Waals surface area contributed by atoms with Crippen LogP contribution in [-0.4, -0.2) is 45.2 Å². The Morgan fingerprint density at radius 3 is 3.00 bits per heavy atom. The summed E-state index contributed by atoms with van der Waals surface area (Å²) in [4.78, 5) is 18.0. The van der Waals surface area contributed by atoms with Crippen molar-refractivity contribution in [3.8, 4) is 0 Å². The molecule has 0 unspecified atom stereocenters. The second kappa shape index (κ2) is 6.97. The predicted octanol–water partition coefficient (Wildman–Crippen LogP) is 2.19. The number of hydrogen-bond donors (Lipinski definition) is 1. The van der Waals surface area contributed by atoms with Gasteiger partial charge in [-0.05, 0) is 25.0 Å². The Morgan fingerprint density at radius 1 is 1.55 bits per heavy atom. The van der Waals surface area contributed by atoms with Crippen molar-refractivity contribution in [1.29, 1.82) is 0 Å². The minimum Gasteiger partial charge on any atom is -0.340 e. The lowest BCUT2D eigenvalue weighted by atomic mass is 10.2. The molecule has 20 heavy (non-hydrogen) atoms. The fourth-order valence-electron chi connectivity index (χ4n) is 2.51. The van der Waals surface area contributed by atoms with Gasteiger partial charge in [-0.3, -0.25) is 0 Å². The van der Waals surface area contributed by atoms with E-state index in [0.29, 0.717) is 29.6 Å². The van der Waals surface area contributed by atoms with Crippen LogP contribution in [0.3, 0.4) is 0 Å². The van der Waals surface area contributed by atoms with Gasteiger partial charge in [0.25, 0.3) is 0 Å². The van der Waals surface area contributed by atoms with Crippen LogP contribution in [0.2, 0.25) is 0 Å². The summed E-state index contributed by atoms with van der Waals surface area (Å²) in [5.74, 6) is 2.16. The maximum absolute atomic E-state index is 12.1. The van der Waals surface area contributed by atoms with E-state index in [4.69, 9.17) is 4.52 Å². The highest BCUT2D eigenvalue weighted by atomic mass is 32.2. The molecule has 0 aliphatic heterocycles. The van der Waals surface area contributed by atoms with E-state index in [2.05, 4.69) is 22.4 Å². The number of rotatable bonds is 5. The lowest BCUT2D eigenvalue weighted by Crippen LogP contribution is -2.42. The van der Waals surface area contributed by atoms with Gasteiger partial charge in [0.2, 0.25) is 5.89 Å². The van der Waals surface area contributed by atoms with Crippen LogP contribution in [0, 0.1) is 6.92 Å². The van der Waals surface area contributed by atoms with E-state index in [1.54, 1.807) is 6.92 Å². The van der Waals surface area contributed by atoms with Crippen LogP contribution in [0.1, 0.15) is 37.9 Å². The van der Waals surface area contributed by atoms with E-state index in [-0.39, 0.29) is 6.03 Å². The lowest BCUT2D eigenvalue weighted by molar-refractivity contribution is 0.190. The van der Waals surface area contributed by atoms with Crippen molar-refractivity contribution >= 4 is 17.8 Å². The van der Waals surface area contributed by atoms with Crippen molar-refractivity contribution in [1.82, 2.24) is 20.4 Å². The fourth-order valence-corrected chi connectivity index (χ4v) is 3.65. The largest absolute Gasteiger partial charge is 0.340 e. The van der Waals surface area contributed by atoms with Crippen molar-refractivity contribution in [2.24, 2.45) is 0 Å². The molecule has 1 aliphatic rings. The van der Waals surface area contributed by atoms with E-state index >= 15 is 0 Å². The molecular weight excluding hydrogens is 276 g/mol. The number of thioether (sulfide) groups is 1. The number of carbonyl (C=O) groups is 1. The summed E-state index contributed by atoms with van der Waals surface area (Å²) in [6, 6.07) is 0.269. The summed E-state index contributed by atoms with van der Waals surface area (Å²) in [6.07, 6.45) is 3.37. The molecule has 2 amide bonds. The lowest BCUT2D eigenvalue weighted by Gasteiger charge is -2.24. The molecule has 0 aromatic carbocycles. The normalized spacial score (nSPS) is 21.9. The van der Waals surface area contributed by atoms with Crippen LogP contribution in [0.25, 0.3) is 0 Å². The minimum atomic E-state index is -0.0698. The van der Waals surface area contributed by atoms with Crippen LogP contribution in [0.15, 0.2) is 4.52 Å². The molecule has 2 rings (SSSR count). The predicted molar refractivity (Wildman–Crippen MR) is 78.6 cm³/mol. The van der Waals surface area contributed by atoms with Gasteiger partial charge in [-0.15, -0.1) is 0 Å². The highest BCUT2D eigenvalue weighted by molar-refractivity contribution is 7.99. The first-order chi connectivity index (χ1) is 9.60. The minimum absolute atomic E-state index is 0.0698. The van der Waals surface area contributed by atoms with Crippen LogP contribution in [-0.2, 0) is 6.54 Å². The first-order valence-corrected chi connectivity index (χ1v) is 8.06. The summed E-state index contributed by atoms with van der Waals surface area (Å²) < 4.78 is 4.87. The molecule has 0 radical (unpaired) electrons. The van der Waals surface area contributed by atoms with Crippen molar-refractivity contribution in [3.63, 3.8) is 0 Å². The SMILES string of the molecule is CCS[C@H]1CC[C@H](N(C)C(=O)NCc2noc(C)n2)C1. The average Bonchev–Trinajstić information content (AvgIpc) is 3.05. The van der Waals surface area contributed by atoms with E-state index in [1.165, 1.54) is 6.42 Å². The number of aromatic nitrogens is 2. The summed E-state index contributed by atoms with van der Waals surface area (Å²) in [6.45, 7) is 4.22. The number of urea groups is 1. The number of aryl methyl sites for hydroxylation is 1. The Balaban J connectivity index is 1.77. The molecule has 0 bridgehead atoms. The van der Waals surface area contributed by atoms with Gasteiger partial charge in [-0.1, -0.05) is 12.1 Å². The number of carbonyl (C=O) groups excluding carboxylic acids is 1. The first-order valence-electron chi connectivity index (χ1n) is 7.01. The molecule has 1 fully saturated rings. The Morgan fingerprint density at radius 2 is 2.35 bits per heavy atom. The number of amides is 2. The highest BCUT2D eigenvalue weighted by Gasteiger charge is 2.29. The summed E-state index contributed by atoms with van der Waals surface area (Å²) in [7, 11) is 1.86. The molecular formula is C13H22N4O2S. The van der Waals surface area contributed by atoms with E-state index in [1.807, 2.05) is 23.7 Å². The maximum atomic E-state index is 12.1. The maximum Gasteiger partial charge on any atom is 0.317 e. The van der Waals surface area contributed by atoms with Gasteiger partial charge in [0.05, 0.1) is 6.54 Å². The van der Waals surface area contributed by atoms with Crippen LogP contribution < -0.4 is 5.32 Å². The van der Waals surface area contributed by atoms with Gasteiger partial charge in [-0.25, -0.2) is 4.79 Å². The highest BCUT2D eigenvalue weighted by Crippen LogP contribution is 2.32. The molecule has 1 aromatic heterocycles. The van der Waals surface area contributed by atoms with Crippen molar-refractivity contribution in [2.75, 3.05) is 12.8 Å². The van der Waals surface area contributed by atoms with Gasteiger partial charge in [0.15, 0.2) is 5.82 Å². The molecule has 1 N–H and O–H groups in total. The Labute approximate surface area is 123 Å². The van der Waals surface area contributed by atoms with E-state index < -0.39 is 0 Å². The summed E-state index contributed by atoms with van der Waals surface area (Å²) in [5, 5.41) is 7.28. The molecule has 1 heterocycles. The molecule has 0 saturated heterocycles. The van der Waals surface area contributed by atoms with E-state index in [0.717, 1.165) is 18.6 Å². The van der Waals surface area contributed by atoms with Crippen molar-refractivity contribution < 1.29 is 9.32 Å². The third-order valence-electron chi connectivity index (χ3n) is 3.59. The summed E-state index contributed by atoms with van der Waals surface area (Å²) in [5.41, 5.74) is 0. The zero-order valence-electron chi connectivity index (χ0n) is 12.3. The molecule has 1 aromatic rings. The van der Waals surface area contributed by atoms with Crippen LogP contribution in [0.5, 0.6) is 0 Å². The molecule has 2 atom stereocenters. The second-order valence-corrected chi connectivity index (χ2v) is 6.62. The molecule has 1 saturated carbocycles. The average molecular weight is 298 g/mol. The third kappa shape index (κ3) is 3.88. The summed E-state index contributed by atoms with van der Waals surface area (Å²) >= 11 is 1.99. The number of nitrogens with one attached hydrogen (secondary N) is 1. The van der Waals surface area contributed by atoms with Gasteiger partial charge >= 0.3 is 6.03 Å². The number of hydrogen-bond acceptors (Lipinski definition) is 5. The molecule has 0 spiro atoms. The Bertz CT molecular complexity index is 451. The molecule has 6 nitrogen and oxygen atoms in total. The number of nitrogens with zero attached hydrogens (tertiary/aromatic N) is 3. The smallest absolute Gasteiger partial charge is 0.317 e. The topological polar surface area (TPSA) is 71.3 Å². The quantitative estimate of drug-likeness (QED) is 0.902. The van der Waals surface area contributed by atoms with Crippen LogP contribution >= 0.6 is 11.8 Å². The van der Waals surface area contributed by atoms with Gasteiger partial charge in [0, 0.05) is 25.3 Å². The third-order valence-corrected chi connectivity index (χ3v) is 4.83. The van der Waals surface area contributed by atoms with E-state index in [9.17, 15) is 4.79 Å². The molecule has 112 valence electrons. The Kier molecular flexibility index (Phi) is 5.28.